The van der Waals surface area contributed by atoms with Gasteiger partial charge in [-0.2, -0.15) is 0 Å². The van der Waals surface area contributed by atoms with Gasteiger partial charge in [-0.25, -0.2) is 15.0 Å². The molecule has 0 saturated carbocycles. The Morgan fingerprint density at radius 3 is 1.31 bits per heavy atom. The minimum Gasteiger partial charge on any atom is -0.456 e. The maximum Gasteiger partial charge on any atom is 0.164 e. The lowest BCUT2D eigenvalue weighted by molar-refractivity contribution is 0.669. The second-order valence-electron chi connectivity index (χ2n) is 17.9. The number of para-hydroxylation sites is 4. The highest BCUT2D eigenvalue weighted by atomic mass is 32.1. The molecular formula is C63H37N5OS. The summed E-state index contributed by atoms with van der Waals surface area (Å²) >= 11 is 1.83. The van der Waals surface area contributed by atoms with Crippen molar-refractivity contribution in [3.05, 3.63) is 224 Å². The zero-order valence-electron chi connectivity index (χ0n) is 37.4. The van der Waals surface area contributed by atoms with E-state index in [9.17, 15) is 0 Å². The Kier molecular flexibility index (Phi) is 8.43. The Balaban J connectivity index is 0.878. The van der Waals surface area contributed by atoms with Gasteiger partial charge in [-0.3, -0.25) is 0 Å². The minimum atomic E-state index is 0.596. The van der Waals surface area contributed by atoms with Crippen molar-refractivity contribution >= 4 is 97.1 Å². The molecule has 0 radical (unpaired) electrons. The third-order valence-electron chi connectivity index (χ3n) is 14.0. The molecule has 0 amide bonds. The van der Waals surface area contributed by atoms with Crippen LogP contribution in [0.5, 0.6) is 0 Å². The van der Waals surface area contributed by atoms with E-state index in [0.29, 0.717) is 17.5 Å². The van der Waals surface area contributed by atoms with E-state index >= 15 is 0 Å². The summed E-state index contributed by atoms with van der Waals surface area (Å²) in [6, 6.07) is 79.6. The summed E-state index contributed by atoms with van der Waals surface area (Å²) in [5.41, 5.74) is 13.3. The molecule has 10 aromatic carbocycles. The lowest BCUT2D eigenvalue weighted by Gasteiger charge is -2.13. The van der Waals surface area contributed by atoms with Crippen LogP contribution in [0.25, 0.3) is 142 Å². The number of hydrogen-bond acceptors (Lipinski definition) is 5. The molecule has 70 heavy (non-hydrogen) atoms. The van der Waals surface area contributed by atoms with Crippen molar-refractivity contribution < 1.29 is 4.42 Å². The molecule has 0 unspecified atom stereocenters. The van der Waals surface area contributed by atoms with E-state index in [0.717, 1.165) is 83.2 Å². The highest BCUT2D eigenvalue weighted by Gasteiger charge is 2.19. The Hall–Kier alpha value is -9.17. The first kappa shape index (κ1) is 38.9. The summed E-state index contributed by atoms with van der Waals surface area (Å²) in [7, 11) is 0. The van der Waals surface area contributed by atoms with Gasteiger partial charge in [0.25, 0.3) is 0 Å². The molecule has 326 valence electrons. The largest absolute Gasteiger partial charge is 0.456 e. The van der Waals surface area contributed by atoms with Gasteiger partial charge in [-0.05, 0) is 90.0 Å². The van der Waals surface area contributed by atoms with E-state index in [-0.39, 0.29) is 0 Å². The topological polar surface area (TPSA) is 61.7 Å². The molecule has 0 fully saturated rings. The summed E-state index contributed by atoms with van der Waals surface area (Å²) in [5, 5.41) is 9.65. The molecule has 5 aromatic heterocycles. The van der Waals surface area contributed by atoms with Gasteiger partial charge in [-0.1, -0.05) is 146 Å². The second kappa shape index (κ2) is 15.2. The van der Waals surface area contributed by atoms with Gasteiger partial charge < -0.3 is 13.6 Å². The number of hydrogen-bond donors (Lipinski definition) is 0. The fourth-order valence-electron chi connectivity index (χ4n) is 10.8. The Morgan fingerprint density at radius 1 is 0.300 bits per heavy atom. The van der Waals surface area contributed by atoms with E-state index in [1.165, 1.54) is 41.7 Å². The van der Waals surface area contributed by atoms with Crippen LogP contribution in [0.3, 0.4) is 0 Å². The molecular weight excluding hydrogens is 875 g/mol. The third-order valence-corrected chi connectivity index (χ3v) is 15.1. The van der Waals surface area contributed by atoms with Crippen molar-refractivity contribution in [2.45, 2.75) is 0 Å². The molecule has 15 aromatic rings. The highest BCUT2D eigenvalue weighted by Crippen LogP contribution is 2.44. The smallest absolute Gasteiger partial charge is 0.164 e. The average molecular weight is 912 g/mol. The van der Waals surface area contributed by atoms with Gasteiger partial charge in [0.15, 0.2) is 17.5 Å². The van der Waals surface area contributed by atoms with E-state index in [1.54, 1.807) is 0 Å². The minimum absolute atomic E-state index is 0.596. The number of rotatable bonds is 6. The van der Waals surface area contributed by atoms with Crippen LogP contribution in [-0.2, 0) is 0 Å². The van der Waals surface area contributed by atoms with Gasteiger partial charge >= 0.3 is 0 Å². The molecule has 5 heterocycles. The van der Waals surface area contributed by atoms with Crippen LogP contribution in [0.1, 0.15) is 0 Å². The first-order chi connectivity index (χ1) is 34.7. The first-order valence-electron chi connectivity index (χ1n) is 23.5. The maximum absolute atomic E-state index is 6.45. The van der Waals surface area contributed by atoms with Crippen molar-refractivity contribution in [3.8, 4) is 56.7 Å². The number of thiophene rings is 1. The van der Waals surface area contributed by atoms with Crippen LogP contribution in [0.4, 0.5) is 0 Å². The predicted octanol–water partition coefficient (Wildman–Crippen LogP) is 17.0. The van der Waals surface area contributed by atoms with Crippen LogP contribution in [0, 0.1) is 0 Å². The number of fused-ring (bicyclic) bond motifs is 13. The van der Waals surface area contributed by atoms with Crippen molar-refractivity contribution in [1.29, 1.82) is 0 Å². The summed E-state index contributed by atoms with van der Waals surface area (Å²) in [5.74, 6) is 1.79. The molecule has 0 aliphatic rings. The zero-order valence-corrected chi connectivity index (χ0v) is 38.2. The second-order valence-corrected chi connectivity index (χ2v) is 19.0. The lowest BCUT2D eigenvalue weighted by Crippen LogP contribution is -2.02. The average Bonchev–Trinajstić information content (AvgIpc) is 4.18. The van der Waals surface area contributed by atoms with Crippen LogP contribution < -0.4 is 0 Å². The maximum atomic E-state index is 6.45. The lowest BCUT2D eigenvalue weighted by atomic mass is 10.00. The molecule has 0 N–H and O–H groups in total. The monoisotopic (exact) mass is 911 g/mol. The van der Waals surface area contributed by atoms with Crippen molar-refractivity contribution in [3.63, 3.8) is 0 Å². The Morgan fingerprint density at radius 2 is 0.757 bits per heavy atom. The van der Waals surface area contributed by atoms with E-state index < -0.39 is 0 Å². The fourth-order valence-corrected chi connectivity index (χ4v) is 11.9. The Bertz CT molecular complexity index is 4330. The summed E-state index contributed by atoms with van der Waals surface area (Å²) in [4.78, 5) is 15.8. The van der Waals surface area contributed by atoms with Crippen molar-refractivity contribution in [1.82, 2.24) is 24.1 Å². The van der Waals surface area contributed by atoms with Crippen LogP contribution in [0.2, 0.25) is 0 Å². The Labute approximate surface area is 404 Å². The molecule has 15 rings (SSSR count). The van der Waals surface area contributed by atoms with Gasteiger partial charge in [0.05, 0.1) is 22.1 Å². The molecule has 0 spiro atoms. The van der Waals surface area contributed by atoms with Gasteiger partial charge in [0, 0.05) is 80.6 Å². The van der Waals surface area contributed by atoms with Gasteiger partial charge in [-0.15, -0.1) is 11.3 Å². The predicted molar refractivity (Wildman–Crippen MR) is 290 cm³/mol. The van der Waals surface area contributed by atoms with Gasteiger partial charge in [0.2, 0.25) is 0 Å². The number of benzene rings is 10. The highest BCUT2D eigenvalue weighted by molar-refractivity contribution is 7.26. The molecule has 0 bridgehead atoms. The molecule has 0 atom stereocenters. The summed E-state index contributed by atoms with van der Waals surface area (Å²) in [6.45, 7) is 0. The molecule has 0 saturated heterocycles. The van der Waals surface area contributed by atoms with Crippen LogP contribution in [-0.4, -0.2) is 24.1 Å². The number of furan rings is 1. The summed E-state index contributed by atoms with van der Waals surface area (Å²) in [6.07, 6.45) is 0. The number of aromatic nitrogens is 5. The quantitative estimate of drug-likeness (QED) is 0.167. The van der Waals surface area contributed by atoms with Crippen LogP contribution >= 0.6 is 11.3 Å². The van der Waals surface area contributed by atoms with E-state index in [2.05, 4.69) is 234 Å². The molecule has 7 heteroatoms. The zero-order chi connectivity index (χ0) is 45.9. The summed E-state index contributed by atoms with van der Waals surface area (Å²) < 4.78 is 13.7. The SMILES string of the molecule is c1cc(-c2nc(-c3ccc(-c4ccc5oc6ccc7sc8ccccc8c7c6c5c4)cc3)nc(-c3cccc(-n4c5ccccc5c5ccccc54)c3)n2)cc(-n2c3ccccc3c3ccccc32)c1. The molecule has 0 aliphatic heterocycles. The third kappa shape index (κ3) is 5.95. The fraction of sp³-hybridized carbons (Fsp3) is 0. The normalized spacial score (nSPS) is 12.0. The van der Waals surface area contributed by atoms with Crippen LogP contribution in [0.15, 0.2) is 229 Å². The first-order valence-corrected chi connectivity index (χ1v) is 24.3. The van der Waals surface area contributed by atoms with E-state index in [4.69, 9.17) is 19.4 Å². The molecule has 6 nitrogen and oxygen atoms in total. The standard InChI is InChI=1S/C63H37N5OS/c1-6-22-51-45(17-1)46-18-2-7-23-52(46)67(51)43-15-11-13-41(35-43)62-64-61(65-63(66-62)42-14-12-16-44(36-42)68-53-24-8-3-19-47(53)48-20-4-9-25-54(48)68)39-29-27-38(28-30-39)40-31-32-55-50(37-40)59-56(69-55)33-34-58-60(59)49-21-5-10-26-57(49)70-58/h1-37H. The van der Waals surface area contributed by atoms with Crippen molar-refractivity contribution in [2.75, 3.05) is 0 Å². The van der Waals surface area contributed by atoms with E-state index in [1.807, 2.05) is 11.3 Å². The van der Waals surface area contributed by atoms with Gasteiger partial charge in [0.1, 0.15) is 11.2 Å². The van der Waals surface area contributed by atoms with Crippen molar-refractivity contribution in [2.24, 2.45) is 0 Å². The number of nitrogens with zero attached hydrogens (tertiary/aromatic N) is 5. The molecule has 0 aliphatic carbocycles.